The molecule has 2 fully saturated rings. The number of nitrogens with zero attached hydrogens (tertiary/aromatic N) is 1. The van der Waals surface area contributed by atoms with Gasteiger partial charge in [0, 0.05) is 12.6 Å². The lowest BCUT2D eigenvalue weighted by molar-refractivity contribution is -0.152. The van der Waals surface area contributed by atoms with Gasteiger partial charge in [-0.25, -0.2) is 0 Å². The molecule has 1 heterocycles. The van der Waals surface area contributed by atoms with Gasteiger partial charge in [0.15, 0.2) is 0 Å². The summed E-state index contributed by atoms with van der Waals surface area (Å²) in [5.41, 5.74) is 5.84. The summed E-state index contributed by atoms with van der Waals surface area (Å²) >= 11 is 0. The number of hydrogen-bond donors (Lipinski definition) is 1. The molecule has 1 saturated carbocycles. The summed E-state index contributed by atoms with van der Waals surface area (Å²) in [6.07, 6.45) is 9.64. The second kappa shape index (κ2) is 5.02. The van der Waals surface area contributed by atoms with E-state index in [-0.39, 0.29) is 24.0 Å². The minimum atomic E-state index is 0.000626. The summed E-state index contributed by atoms with van der Waals surface area (Å²) in [5, 5.41) is 0. The zero-order chi connectivity index (χ0) is 12.5. The lowest BCUT2D eigenvalue weighted by Gasteiger charge is -2.44. The molecule has 1 aliphatic heterocycles. The maximum absolute atomic E-state index is 12.6. The van der Waals surface area contributed by atoms with E-state index in [0.717, 1.165) is 25.8 Å². The molecule has 2 aliphatic carbocycles. The van der Waals surface area contributed by atoms with E-state index in [1.54, 1.807) is 0 Å². The number of ether oxygens (including phenoxy) is 1. The fourth-order valence-electron chi connectivity index (χ4n) is 3.49. The Bertz CT molecular complexity index is 354. The molecule has 100 valence electrons. The molecule has 0 aromatic carbocycles. The van der Waals surface area contributed by atoms with Crippen molar-refractivity contribution < 1.29 is 9.53 Å². The standard InChI is InChI=1S/C14H22N2O2/c15-11-6-5-10(9-11)14(17)16-7-8-18-13-4-2-1-3-12(13)16/h5-6,10-13H,1-4,7-9,15H2. The Morgan fingerprint density at radius 2 is 2.11 bits per heavy atom. The molecule has 0 spiro atoms. The molecular weight excluding hydrogens is 228 g/mol. The Labute approximate surface area is 108 Å². The zero-order valence-corrected chi connectivity index (χ0v) is 10.8. The first-order chi connectivity index (χ1) is 8.75. The SMILES string of the molecule is NC1C=CC(C(=O)N2CCOC3CCCCC32)C1. The highest BCUT2D eigenvalue weighted by Crippen LogP contribution is 2.30. The predicted octanol–water partition coefficient (Wildman–Crippen LogP) is 1.06. The summed E-state index contributed by atoms with van der Waals surface area (Å²) in [6.45, 7) is 1.44. The molecule has 4 unspecified atom stereocenters. The van der Waals surface area contributed by atoms with Crippen LogP contribution in [0.3, 0.4) is 0 Å². The first kappa shape index (κ1) is 12.2. The molecular formula is C14H22N2O2. The second-order valence-corrected chi connectivity index (χ2v) is 5.68. The Hall–Kier alpha value is -0.870. The summed E-state index contributed by atoms with van der Waals surface area (Å²) in [5.74, 6) is 0.264. The monoisotopic (exact) mass is 250 g/mol. The highest BCUT2D eigenvalue weighted by Gasteiger charge is 2.39. The minimum absolute atomic E-state index is 0.000626. The topological polar surface area (TPSA) is 55.6 Å². The Balaban J connectivity index is 1.70. The fourth-order valence-corrected chi connectivity index (χ4v) is 3.49. The molecule has 0 bridgehead atoms. The van der Waals surface area contributed by atoms with Crippen molar-refractivity contribution in [1.82, 2.24) is 4.90 Å². The van der Waals surface area contributed by atoms with Crippen LogP contribution in [0.15, 0.2) is 12.2 Å². The van der Waals surface area contributed by atoms with Gasteiger partial charge < -0.3 is 15.4 Å². The molecule has 4 heteroatoms. The van der Waals surface area contributed by atoms with Gasteiger partial charge in [-0.3, -0.25) is 4.79 Å². The highest BCUT2D eigenvalue weighted by atomic mass is 16.5. The van der Waals surface area contributed by atoms with Crippen molar-refractivity contribution in [2.45, 2.75) is 50.3 Å². The Kier molecular flexibility index (Phi) is 3.39. The number of rotatable bonds is 1. The van der Waals surface area contributed by atoms with Crippen LogP contribution >= 0.6 is 0 Å². The third-order valence-electron chi connectivity index (χ3n) is 4.45. The van der Waals surface area contributed by atoms with Crippen LogP contribution in [0.1, 0.15) is 32.1 Å². The van der Waals surface area contributed by atoms with Crippen LogP contribution in [0, 0.1) is 5.92 Å². The molecule has 4 atom stereocenters. The van der Waals surface area contributed by atoms with E-state index in [4.69, 9.17) is 10.5 Å². The number of nitrogens with two attached hydrogens (primary N) is 1. The Morgan fingerprint density at radius 3 is 2.89 bits per heavy atom. The van der Waals surface area contributed by atoms with E-state index in [0.29, 0.717) is 12.6 Å². The van der Waals surface area contributed by atoms with E-state index in [9.17, 15) is 4.79 Å². The van der Waals surface area contributed by atoms with E-state index < -0.39 is 0 Å². The van der Waals surface area contributed by atoms with Crippen molar-refractivity contribution in [3.05, 3.63) is 12.2 Å². The number of hydrogen-bond acceptors (Lipinski definition) is 3. The van der Waals surface area contributed by atoms with Crippen molar-refractivity contribution >= 4 is 5.91 Å². The quantitative estimate of drug-likeness (QED) is 0.708. The zero-order valence-electron chi connectivity index (χ0n) is 10.8. The van der Waals surface area contributed by atoms with Crippen molar-refractivity contribution in [1.29, 1.82) is 0 Å². The lowest BCUT2D eigenvalue weighted by atomic mass is 9.89. The van der Waals surface area contributed by atoms with Gasteiger partial charge in [0.25, 0.3) is 0 Å². The molecule has 2 N–H and O–H groups in total. The smallest absolute Gasteiger partial charge is 0.229 e. The van der Waals surface area contributed by atoms with Crippen LogP contribution in [0.2, 0.25) is 0 Å². The number of carbonyl (C=O) groups is 1. The van der Waals surface area contributed by atoms with Gasteiger partial charge >= 0.3 is 0 Å². The van der Waals surface area contributed by atoms with Gasteiger partial charge in [-0.15, -0.1) is 0 Å². The summed E-state index contributed by atoms with van der Waals surface area (Å²) in [4.78, 5) is 14.6. The molecule has 18 heavy (non-hydrogen) atoms. The molecule has 0 radical (unpaired) electrons. The van der Waals surface area contributed by atoms with Crippen LogP contribution in [0.5, 0.6) is 0 Å². The van der Waals surface area contributed by atoms with Crippen LogP contribution < -0.4 is 5.73 Å². The molecule has 3 rings (SSSR count). The first-order valence-electron chi connectivity index (χ1n) is 7.11. The van der Waals surface area contributed by atoms with Crippen molar-refractivity contribution in [3.8, 4) is 0 Å². The number of carbonyl (C=O) groups excluding carboxylic acids is 1. The van der Waals surface area contributed by atoms with Gasteiger partial charge in [0.2, 0.25) is 5.91 Å². The molecule has 4 nitrogen and oxygen atoms in total. The van der Waals surface area contributed by atoms with E-state index in [1.165, 1.54) is 12.8 Å². The normalized spacial score (nSPS) is 39.7. The second-order valence-electron chi connectivity index (χ2n) is 5.68. The van der Waals surface area contributed by atoms with E-state index in [2.05, 4.69) is 4.90 Å². The summed E-state index contributed by atoms with van der Waals surface area (Å²) in [7, 11) is 0. The largest absolute Gasteiger partial charge is 0.374 e. The van der Waals surface area contributed by atoms with Crippen LogP contribution in [-0.2, 0) is 9.53 Å². The number of morpholine rings is 1. The Morgan fingerprint density at radius 1 is 1.28 bits per heavy atom. The van der Waals surface area contributed by atoms with Crippen LogP contribution in [0.25, 0.3) is 0 Å². The number of amides is 1. The summed E-state index contributed by atoms with van der Waals surface area (Å²) < 4.78 is 5.81. The van der Waals surface area contributed by atoms with Crippen LogP contribution in [0.4, 0.5) is 0 Å². The molecule has 3 aliphatic rings. The molecule has 0 aromatic heterocycles. The average molecular weight is 250 g/mol. The van der Waals surface area contributed by atoms with E-state index in [1.807, 2.05) is 12.2 Å². The average Bonchev–Trinajstić information content (AvgIpc) is 2.84. The van der Waals surface area contributed by atoms with Crippen LogP contribution in [-0.4, -0.2) is 42.1 Å². The van der Waals surface area contributed by atoms with Gasteiger partial charge in [-0.05, 0) is 19.3 Å². The highest BCUT2D eigenvalue weighted by molar-refractivity contribution is 5.81. The van der Waals surface area contributed by atoms with Crippen molar-refractivity contribution in [2.24, 2.45) is 11.7 Å². The van der Waals surface area contributed by atoms with Gasteiger partial charge in [0.05, 0.1) is 24.7 Å². The number of fused-ring (bicyclic) bond motifs is 1. The first-order valence-corrected chi connectivity index (χ1v) is 7.11. The van der Waals surface area contributed by atoms with Gasteiger partial charge in [-0.2, -0.15) is 0 Å². The summed E-state index contributed by atoms with van der Waals surface area (Å²) in [6, 6.07) is 0.368. The van der Waals surface area contributed by atoms with Gasteiger partial charge in [-0.1, -0.05) is 25.0 Å². The molecule has 1 saturated heterocycles. The van der Waals surface area contributed by atoms with Crippen molar-refractivity contribution in [2.75, 3.05) is 13.2 Å². The molecule has 1 amide bonds. The van der Waals surface area contributed by atoms with Gasteiger partial charge in [0.1, 0.15) is 0 Å². The third kappa shape index (κ3) is 2.19. The van der Waals surface area contributed by atoms with Crippen molar-refractivity contribution in [3.63, 3.8) is 0 Å². The maximum Gasteiger partial charge on any atom is 0.229 e. The maximum atomic E-state index is 12.6. The predicted molar refractivity (Wildman–Crippen MR) is 68.9 cm³/mol. The minimum Gasteiger partial charge on any atom is -0.374 e. The molecule has 0 aromatic rings. The third-order valence-corrected chi connectivity index (χ3v) is 4.45. The van der Waals surface area contributed by atoms with E-state index >= 15 is 0 Å². The lowest BCUT2D eigenvalue weighted by Crippen LogP contribution is -2.56. The fraction of sp³-hybridized carbons (Fsp3) is 0.786.